The number of amides is 2. The van der Waals surface area contributed by atoms with Crippen LogP contribution in [0.25, 0.3) is 6.08 Å². The Morgan fingerprint density at radius 1 is 1.38 bits per heavy atom. The fourth-order valence-corrected chi connectivity index (χ4v) is 2.19. The lowest BCUT2D eigenvalue weighted by atomic mass is 9.98. The van der Waals surface area contributed by atoms with Gasteiger partial charge < -0.3 is 11.1 Å². The third kappa shape index (κ3) is 5.56. The van der Waals surface area contributed by atoms with Gasteiger partial charge in [-0.05, 0) is 29.7 Å². The molecule has 0 aliphatic rings. The van der Waals surface area contributed by atoms with Crippen LogP contribution in [0.4, 0.5) is 13.2 Å². The summed E-state index contributed by atoms with van der Waals surface area (Å²) in [4.78, 5) is 23.2. The van der Waals surface area contributed by atoms with Gasteiger partial charge in [0.25, 0.3) is 0 Å². The summed E-state index contributed by atoms with van der Waals surface area (Å²) in [5.41, 5.74) is 4.40. The molecule has 132 valence electrons. The molecular weight excluding hydrogens is 345 g/mol. The maximum atomic E-state index is 12.8. The maximum absolute atomic E-state index is 12.8. The van der Waals surface area contributed by atoms with Gasteiger partial charge in [0.05, 0.1) is 10.6 Å². The van der Waals surface area contributed by atoms with E-state index in [4.69, 9.17) is 17.3 Å². The summed E-state index contributed by atoms with van der Waals surface area (Å²) < 4.78 is 38.3. The second-order valence-electron chi connectivity index (χ2n) is 5.34. The molecule has 0 bridgehead atoms. The molecule has 8 heteroatoms. The molecule has 0 aromatic heterocycles. The van der Waals surface area contributed by atoms with Gasteiger partial charge in [0, 0.05) is 6.08 Å². The Morgan fingerprint density at radius 3 is 2.50 bits per heavy atom. The van der Waals surface area contributed by atoms with Gasteiger partial charge in [-0.25, -0.2) is 0 Å². The van der Waals surface area contributed by atoms with E-state index in [2.05, 4.69) is 5.32 Å². The van der Waals surface area contributed by atoms with Crippen LogP contribution in [0.3, 0.4) is 0 Å². The number of nitrogens with two attached hydrogens (primary N) is 1. The SMILES string of the molecule is CCC(C)C(NC(=O)C=Cc1ccc(Cl)c(C(F)(F)F)c1)C(N)=O. The summed E-state index contributed by atoms with van der Waals surface area (Å²) in [7, 11) is 0. The van der Waals surface area contributed by atoms with Crippen LogP contribution < -0.4 is 11.1 Å². The third-order valence-electron chi connectivity index (χ3n) is 3.54. The lowest BCUT2D eigenvalue weighted by molar-refractivity contribution is -0.137. The third-order valence-corrected chi connectivity index (χ3v) is 3.87. The first-order chi connectivity index (χ1) is 11.1. The molecule has 2 atom stereocenters. The van der Waals surface area contributed by atoms with Crippen LogP contribution in [-0.4, -0.2) is 17.9 Å². The minimum atomic E-state index is -4.59. The highest BCUT2D eigenvalue weighted by Gasteiger charge is 2.33. The number of primary amides is 1. The average molecular weight is 363 g/mol. The van der Waals surface area contributed by atoms with E-state index in [1.54, 1.807) is 6.92 Å². The zero-order valence-electron chi connectivity index (χ0n) is 13.2. The molecule has 0 saturated heterocycles. The van der Waals surface area contributed by atoms with Gasteiger partial charge in [-0.15, -0.1) is 0 Å². The number of hydrogen-bond acceptors (Lipinski definition) is 2. The highest BCUT2D eigenvalue weighted by Crippen LogP contribution is 2.35. The topological polar surface area (TPSA) is 72.2 Å². The summed E-state index contributed by atoms with van der Waals surface area (Å²) in [6.07, 6.45) is -1.71. The average Bonchev–Trinajstić information content (AvgIpc) is 2.49. The molecule has 1 aromatic carbocycles. The fraction of sp³-hybridized carbons (Fsp3) is 0.375. The predicted octanol–water partition coefficient (Wildman–Crippen LogP) is 3.39. The fourth-order valence-electron chi connectivity index (χ4n) is 1.97. The van der Waals surface area contributed by atoms with Crippen molar-refractivity contribution in [2.45, 2.75) is 32.5 Å². The van der Waals surface area contributed by atoms with Crippen molar-refractivity contribution in [1.29, 1.82) is 0 Å². The molecule has 0 spiro atoms. The van der Waals surface area contributed by atoms with Gasteiger partial charge in [-0.2, -0.15) is 13.2 Å². The van der Waals surface area contributed by atoms with Crippen LogP contribution >= 0.6 is 11.6 Å². The molecule has 3 N–H and O–H groups in total. The van der Waals surface area contributed by atoms with Crippen LogP contribution in [0, 0.1) is 5.92 Å². The first-order valence-corrected chi connectivity index (χ1v) is 7.58. The van der Waals surface area contributed by atoms with Crippen LogP contribution in [0.1, 0.15) is 31.4 Å². The summed E-state index contributed by atoms with van der Waals surface area (Å²) in [6.45, 7) is 3.60. The molecule has 0 aliphatic carbocycles. The van der Waals surface area contributed by atoms with Crippen LogP contribution in [0.5, 0.6) is 0 Å². The van der Waals surface area contributed by atoms with Gasteiger partial charge in [-0.3, -0.25) is 9.59 Å². The van der Waals surface area contributed by atoms with Gasteiger partial charge in [0.15, 0.2) is 0 Å². The zero-order chi connectivity index (χ0) is 18.5. The van der Waals surface area contributed by atoms with E-state index in [1.807, 2.05) is 6.92 Å². The molecule has 0 heterocycles. The van der Waals surface area contributed by atoms with Crippen molar-refractivity contribution >= 4 is 29.5 Å². The van der Waals surface area contributed by atoms with E-state index >= 15 is 0 Å². The largest absolute Gasteiger partial charge is 0.417 e. The minimum absolute atomic E-state index is 0.154. The Morgan fingerprint density at radius 2 is 2.00 bits per heavy atom. The van der Waals surface area contributed by atoms with Gasteiger partial charge >= 0.3 is 6.18 Å². The zero-order valence-corrected chi connectivity index (χ0v) is 13.9. The van der Waals surface area contributed by atoms with Crippen molar-refractivity contribution in [2.24, 2.45) is 11.7 Å². The smallest absolute Gasteiger partial charge is 0.368 e. The van der Waals surface area contributed by atoms with Crippen molar-refractivity contribution in [3.05, 3.63) is 40.4 Å². The van der Waals surface area contributed by atoms with Crippen molar-refractivity contribution in [3.8, 4) is 0 Å². The predicted molar refractivity (Wildman–Crippen MR) is 86.1 cm³/mol. The normalized spacial score (nSPS) is 14.4. The number of rotatable bonds is 6. The van der Waals surface area contributed by atoms with E-state index in [9.17, 15) is 22.8 Å². The Labute approximate surface area is 142 Å². The molecule has 1 aromatic rings. The summed E-state index contributed by atoms with van der Waals surface area (Å²) in [6, 6.07) is 2.45. The molecular formula is C16H18ClF3N2O2. The molecule has 0 saturated carbocycles. The second kappa shape index (κ2) is 8.19. The van der Waals surface area contributed by atoms with Gasteiger partial charge in [-0.1, -0.05) is 37.9 Å². The monoisotopic (exact) mass is 362 g/mol. The number of alkyl halides is 3. The quantitative estimate of drug-likeness (QED) is 0.761. The molecule has 2 unspecified atom stereocenters. The van der Waals surface area contributed by atoms with Crippen molar-refractivity contribution < 1.29 is 22.8 Å². The summed E-state index contributed by atoms with van der Waals surface area (Å²) >= 11 is 5.52. The van der Waals surface area contributed by atoms with E-state index < -0.39 is 34.6 Å². The van der Waals surface area contributed by atoms with Crippen molar-refractivity contribution in [1.82, 2.24) is 5.32 Å². The Kier molecular flexibility index (Phi) is 6.83. The van der Waals surface area contributed by atoms with Gasteiger partial charge in [0.1, 0.15) is 6.04 Å². The number of carbonyl (C=O) groups excluding carboxylic acids is 2. The Balaban J connectivity index is 2.89. The number of halogens is 4. The molecule has 1 rings (SSSR count). The van der Waals surface area contributed by atoms with Crippen LogP contribution in [-0.2, 0) is 15.8 Å². The molecule has 0 aliphatic heterocycles. The lowest BCUT2D eigenvalue weighted by Crippen LogP contribution is -2.47. The van der Waals surface area contributed by atoms with Gasteiger partial charge in [0.2, 0.25) is 11.8 Å². The Bertz CT molecular complexity index is 645. The van der Waals surface area contributed by atoms with E-state index in [1.165, 1.54) is 12.1 Å². The highest BCUT2D eigenvalue weighted by molar-refractivity contribution is 6.31. The van der Waals surface area contributed by atoms with E-state index in [-0.39, 0.29) is 11.5 Å². The number of benzene rings is 1. The number of nitrogens with one attached hydrogen (secondary N) is 1. The molecule has 2 amide bonds. The van der Waals surface area contributed by atoms with Crippen LogP contribution in [0.15, 0.2) is 24.3 Å². The minimum Gasteiger partial charge on any atom is -0.368 e. The standard InChI is InChI=1S/C16H18ClF3N2O2/c1-3-9(2)14(15(21)24)22-13(23)7-5-10-4-6-12(17)11(8-10)16(18,19)20/h4-9,14H,3H2,1-2H3,(H2,21,24)(H,22,23). The number of hydrogen-bond donors (Lipinski definition) is 2. The molecule has 4 nitrogen and oxygen atoms in total. The van der Waals surface area contributed by atoms with Crippen molar-refractivity contribution in [3.63, 3.8) is 0 Å². The first kappa shape index (κ1) is 20.0. The number of carbonyl (C=O) groups is 2. The lowest BCUT2D eigenvalue weighted by Gasteiger charge is -2.20. The summed E-state index contributed by atoms with van der Waals surface area (Å²) in [5, 5.41) is 2.02. The highest BCUT2D eigenvalue weighted by atomic mass is 35.5. The first-order valence-electron chi connectivity index (χ1n) is 7.20. The molecule has 0 radical (unpaired) electrons. The van der Waals surface area contributed by atoms with Crippen LogP contribution in [0.2, 0.25) is 5.02 Å². The Hall–Kier alpha value is -2.02. The maximum Gasteiger partial charge on any atom is 0.417 e. The van der Waals surface area contributed by atoms with E-state index in [0.29, 0.717) is 6.42 Å². The molecule has 0 fully saturated rings. The summed E-state index contributed by atoms with van der Waals surface area (Å²) in [5.74, 6) is -1.45. The molecule has 24 heavy (non-hydrogen) atoms. The van der Waals surface area contributed by atoms with Crippen molar-refractivity contribution in [2.75, 3.05) is 0 Å². The second-order valence-corrected chi connectivity index (χ2v) is 5.75. The van der Waals surface area contributed by atoms with E-state index in [0.717, 1.165) is 18.2 Å².